The highest BCUT2D eigenvalue weighted by Crippen LogP contribution is 2.30. The smallest absolute Gasteiger partial charge is 0.199 e. The van der Waals surface area contributed by atoms with Gasteiger partial charge in [-0.05, 0) is 63.8 Å². The van der Waals surface area contributed by atoms with Crippen LogP contribution in [0, 0.1) is 9.49 Å². The number of nitrogens with one attached hydrogen (secondary N) is 1. The predicted octanol–water partition coefficient (Wildman–Crippen LogP) is 4.73. The van der Waals surface area contributed by atoms with Crippen molar-refractivity contribution in [2.75, 3.05) is 11.9 Å². The molecule has 2 rings (SSSR count). The Labute approximate surface area is 141 Å². The van der Waals surface area contributed by atoms with Gasteiger partial charge in [0.1, 0.15) is 5.82 Å². The van der Waals surface area contributed by atoms with Gasteiger partial charge < -0.3 is 9.73 Å². The van der Waals surface area contributed by atoms with E-state index < -0.39 is 0 Å². The molecular weight excluding hydrogens is 433 g/mol. The summed E-state index contributed by atoms with van der Waals surface area (Å²) in [7, 11) is 0. The van der Waals surface area contributed by atoms with Crippen LogP contribution in [0.1, 0.15) is 26.5 Å². The maximum absolute atomic E-state index is 5.48. The SMILES string of the molecule is CCNc1nc(-c2occc2Br)nc(CC(C)C)c1I. The first-order valence-corrected chi connectivity index (χ1v) is 8.43. The van der Waals surface area contributed by atoms with Crippen molar-refractivity contribution in [2.24, 2.45) is 5.92 Å². The molecule has 0 aliphatic heterocycles. The molecule has 2 aromatic heterocycles. The van der Waals surface area contributed by atoms with Crippen molar-refractivity contribution in [3.8, 4) is 11.6 Å². The summed E-state index contributed by atoms with van der Waals surface area (Å²) in [4.78, 5) is 9.26. The largest absolute Gasteiger partial charge is 0.460 e. The molecule has 0 spiro atoms. The Hall–Kier alpha value is -0.630. The molecule has 0 aliphatic carbocycles. The first-order chi connectivity index (χ1) is 9.52. The highest BCUT2D eigenvalue weighted by molar-refractivity contribution is 14.1. The summed E-state index contributed by atoms with van der Waals surface area (Å²) in [5.41, 5.74) is 1.06. The highest BCUT2D eigenvalue weighted by Gasteiger charge is 2.17. The number of furan rings is 1. The average molecular weight is 450 g/mol. The molecule has 20 heavy (non-hydrogen) atoms. The van der Waals surface area contributed by atoms with E-state index in [0.29, 0.717) is 17.5 Å². The predicted molar refractivity (Wildman–Crippen MR) is 92.9 cm³/mol. The van der Waals surface area contributed by atoms with Crippen molar-refractivity contribution in [2.45, 2.75) is 27.2 Å². The van der Waals surface area contributed by atoms with E-state index in [1.165, 1.54) is 0 Å². The fourth-order valence-electron chi connectivity index (χ4n) is 1.85. The first-order valence-electron chi connectivity index (χ1n) is 6.56. The van der Waals surface area contributed by atoms with Crippen LogP contribution in [0.3, 0.4) is 0 Å². The van der Waals surface area contributed by atoms with Crippen LogP contribution >= 0.6 is 38.5 Å². The Morgan fingerprint density at radius 3 is 2.70 bits per heavy atom. The van der Waals surface area contributed by atoms with Gasteiger partial charge in [-0.15, -0.1) is 0 Å². The summed E-state index contributed by atoms with van der Waals surface area (Å²) in [5, 5.41) is 3.30. The standard InChI is InChI=1S/C14H17BrIN3O/c1-4-17-13-11(16)10(7-8(2)3)18-14(19-13)12-9(15)5-6-20-12/h5-6,8H,4,7H2,1-3H3,(H,17,18,19). The maximum atomic E-state index is 5.48. The number of nitrogens with zero attached hydrogens (tertiary/aromatic N) is 2. The zero-order valence-corrected chi connectivity index (χ0v) is 15.4. The normalized spacial score (nSPS) is 11.1. The molecule has 0 saturated carbocycles. The third-order valence-electron chi connectivity index (χ3n) is 2.69. The van der Waals surface area contributed by atoms with E-state index in [0.717, 1.165) is 32.5 Å². The second-order valence-corrected chi connectivity index (χ2v) is 6.82. The number of halogens is 2. The van der Waals surface area contributed by atoms with Crippen molar-refractivity contribution in [1.29, 1.82) is 0 Å². The minimum Gasteiger partial charge on any atom is -0.460 e. The third-order valence-corrected chi connectivity index (χ3v) is 4.44. The van der Waals surface area contributed by atoms with Crippen molar-refractivity contribution in [1.82, 2.24) is 9.97 Å². The fraction of sp³-hybridized carbons (Fsp3) is 0.429. The average Bonchev–Trinajstić information content (AvgIpc) is 2.80. The van der Waals surface area contributed by atoms with Gasteiger partial charge in [0.05, 0.1) is 20.0 Å². The molecular formula is C14H17BrIN3O. The van der Waals surface area contributed by atoms with Gasteiger partial charge in [-0.2, -0.15) is 0 Å². The van der Waals surface area contributed by atoms with E-state index in [9.17, 15) is 0 Å². The van der Waals surface area contributed by atoms with Crippen LogP contribution in [0.25, 0.3) is 11.6 Å². The van der Waals surface area contributed by atoms with Gasteiger partial charge in [0.15, 0.2) is 11.6 Å². The Morgan fingerprint density at radius 1 is 1.40 bits per heavy atom. The minimum absolute atomic E-state index is 0.542. The van der Waals surface area contributed by atoms with Gasteiger partial charge in [-0.25, -0.2) is 9.97 Å². The van der Waals surface area contributed by atoms with Gasteiger partial charge in [0, 0.05) is 6.54 Å². The van der Waals surface area contributed by atoms with Crippen molar-refractivity contribution >= 4 is 44.3 Å². The van der Waals surface area contributed by atoms with Crippen LogP contribution in [-0.2, 0) is 6.42 Å². The molecule has 1 N–H and O–H groups in total. The van der Waals surface area contributed by atoms with E-state index in [-0.39, 0.29) is 0 Å². The number of anilines is 1. The van der Waals surface area contributed by atoms with Crippen LogP contribution < -0.4 is 5.32 Å². The summed E-state index contributed by atoms with van der Waals surface area (Å²) in [5.74, 6) is 2.71. The number of hydrogen-bond donors (Lipinski definition) is 1. The second-order valence-electron chi connectivity index (χ2n) is 4.88. The third kappa shape index (κ3) is 3.52. The lowest BCUT2D eigenvalue weighted by Crippen LogP contribution is -2.09. The van der Waals surface area contributed by atoms with E-state index in [2.05, 4.69) is 74.6 Å². The van der Waals surface area contributed by atoms with Crippen LogP contribution in [0.15, 0.2) is 21.2 Å². The lowest BCUT2D eigenvalue weighted by molar-refractivity contribution is 0.573. The lowest BCUT2D eigenvalue weighted by Gasteiger charge is -2.13. The van der Waals surface area contributed by atoms with Crippen molar-refractivity contribution in [3.05, 3.63) is 26.1 Å². The molecule has 0 atom stereocenters. The van der Waals surface area contributed by atoms with Crippen molar-refractivity contribution < 1.29 is 4.42 Å². The molecule has 0 aromatic carbocycles. The zero-order valence-electron chi connectivity index (χ0n) is 11.7. The van der Waals surface area contributed by atoms with Crippen LogP contribution in [0.2, 0.25) is 0 Å². The fourth-order valence-corrected chi connectivity index (χ4v) is 2.89. The highest BCUT2D eigenvalue weighted by atomic mass is 127. The lowest BCUT2D eigenvalue weighted by atomic mass is 10.1. The maximum Gasteiger partial charge on any atom is 0.199 e. The van der Waals surface area contributed by atoms with Gasteiger partial charge in [-0.1, -0.05) is 13.8 Å². The van der Waals surface area contributed by atoms with Crippen LogP contribution in [-0.4, -0.2) is 16.5 Å². The molecule has 0 amide bonds. The van der Waals surface area contributed by atoms with Crippen LogP contribution in [0.5, 0.6) is 0 Å². The number of aromatic nitrogens is 2. The quantitative estimate of drug-likeness (QED) is 0.670. The molecule has 0 unspecified atom stereocenters. The monoisotopic (exact) mass is 449 g/mol. The zero-order chi connectivity index (χ0) is 14.7. The Bertz CT molecular complexity index is 598. The van der Waals surface area contributed by atoms with E-state index in [1.54, 1.807) is 6.26 Å². The van der Waals surface area contributed by atoms with Gasteiger partial charge >= 0.3 is 0 Å². The van der Waals surface area contributed by atoms with Gasteiger partial charge in [0.2, 0.25) is 0 Å². The number of hydrogen-bond acceptors (Lipinski definition) is 4. The first kappa shape index (κ1) is 15.8. The minimum atomic E-state index is 0.542. The summed E-state index contributed by atoms with van der Waals surface area (Å²) in [6, 6.07) is 1.85. The molecule has 4 nitrogen and oxygen atoms in total. The van der Waals surface area contributed by atoms with E-state index >= 15 is 0 Å². The van der Waals surface area contributed by atoms with Gasteiger partial charge in [-0.3, -0.25) is 0 Å². The molecule has 6 heteroatoms. The Balaban J connectivity index is 2.52. The Kier molecular flexibility index (Phi) is 5.42. The van der Waals surface area contributed by atoms with E-state index in [1.807, 2.05) is 6.07 Å². The topological polar surface area (TPSA) is 51.0 Å². The summed E-state index contributed by atoms with van der Waals surface area (Å²) in [6.07, 6.45) is 2.56. The Morgan fingerprint density at radius 2 is 2.15 bits per heavy atom. The van der Waals surface area contributed by atoms with Gasteiger partial charge in [0.25, 0.3) is 0 Å². The molecule has 0 radical (unpaired) electrons. The van der Waals surface area contributed by atoms with E-state index in [4.69, 9.17) is 4.42 Å². The molecule has 108 valence electrons. The summed E-state index contributed by atoms with van der Waals surface area (Å²) < 4.78 is 7.44. The van der Waals surface area contributed by atoms with Crippen LogP contribution in [0.4, 0.5) is 5.82 Å². The summed E-state index contributed by atoms with van der Waals surface area (Å²) >= 11 is 5.78. The second kappa shape index (κ2) is 6.89. The number of rotatable bonds is 5. The molecule has 0 aliphatic rings. The molecule has 0 bridgehead atoms. The molecule has 0 saturated heterocycles. The molecule has 2 heterocycles. The van der Waals surface area contributed by atoms with Crippen molar-refractivity contribution in [3.63, 3.8) is 0 Å². The molecule has 2 aromatic rings. The molecule has 0 fully saturated rings. The summed E-state index contributed by atoms with van der Waals surface area (Å²) in [6.45, 7) is 7.26.